The van der Waals surface area contributed by atoms with E-state index in [0.29, 0.717) is 6.61 Å². The van der Waals surface area contributed by atoms with Crippen molar-refractivity contribution < 1.29 is 4.74 Å². The highest BCUT2D eigenvalue weighted by Crippen LogP contribution is 2.17. The molecule has 99 valence electrons. The number of nitrogens with zero attached hydrogens (tertiary/aromatic N) is 2. The maximum atomic E-state index is 5.70. The normalized spacial score (nSPS) is 10.4. The predicted molar refractivity (Wildman–Crippen MR) is 76.2 cm³/mol. The number of ether oxygens (including phenoxy) is 1. The molecule has 0 atom stereocenters. The van der Waals surface area contributed by atoms with Crippen molar-refractivity contribution >= 4 is 0 Å². The Kier molecular flexibility index (Phi) is 3.46. The van der Waals surface area contributed by atoms with Gasteiger partial charge >= 0.3 is 0 Å². The van der Waals surface area contributed by atoms with Gasteiger partial charge in [-0.3, -0.25) is 10.1 Å². The molecule has 0 unspecified atom stereocenters. The minimum atomic E-state index is 0.516. The Bertz CT molecular complexity index is 658. The van der Waals surface area contributed by atoms with Gasteiger partial charge in [0.1, 0.15) is 12.4 Å². The molecule has 0 saturated heterocycles. The summed E-state index contributed by atoms with van der Waals surface area (Å²) in [6.07, 6.45) is 3.42. The Balaban J connectivity index is 1.65. The van der Waals surface area contributed by atoms with E-state index in [9.17, 15) is 0 Å². The summed E-state index contributed by atoms with van der Waals surface area (Å²) in [5.41, 5.74) is 3.95. The van der Waals surface area contributed by atoms with E-state index in [-0.39, 0.29) is 0 Å². The van der Waals surface area contributed by atoms with E-state index in [1.165, 1.54) is 0 Å². The molecule has 3 rings (SSSR count). The molecule has 0 saturated carbocycles. The molecule has 3 aromatic rings. The standard InChI is InChI=1S/C16H14N3O/c1-12-2-4-13(5-3-12)11-20-14-6-7-15(17-10-14)16-8-9-18-19-16/h2,4-10H,11H2,1H3,(H,18,19). The third kappa shape index (κ3) is 2.85. The molecule has 0 bridgehead atoms. The highest BCUT2D eigenvalue weighted by Gasteiger charge is 2.01. The van der Waals surface area contributed by atoms with Gasteiger partial charge in [0.15, 0.2) is 0 Å². The topological polar surface area (TPSA) is 50.8 Å². The van der Waals surface area contributed by atoms with E-state index in [1.807, 2.05) is 43.3 Å². The summed E-state index contributed by atoms with van der Waals surface area (Å²) in [5, 5.41) is 6.78. The molecule has 0 spiro atoms. The molecule has 1 aromatic carbocycles. The van der Waals surface area contributed by atoms with Gasteiger partial charge in [0, 0.05) is 6.20 Å². The van der Waals surface area contributed by atoms with Gasteiger partial charge in [-0.15, -0.1) is 0 Å². The molecule has 4 nitrogen and oxygen atoms in total. The van der Waals surface area contributed by atoms with Crippen LogP contribution >= 0.6 is 0 Å². The zero-order valence-corrected chi connectivity index (χ0v) is 11.1. The van der Waals surface area contributed by atoms with E-state index < -0.39 is 0 Å². The summed E-state index contributed by atoms with van der Waals surface area (Å²) in [7, 11) is 0. The van der Waals surface area contributed by atoms with Gasteiger partial charge in [-0.2, -0.15) is 5.10 Å². The molecular formula is C16H14N3O. The third-order valence-electron chi connectivity index (χ3n) is 2.95. The Hall–Kier alpha value is -2.62. The molecule has 2 heterocycles. The lowest BCUT2D eigenvalue weighted by Gasteiger charge is -2.06. The number of aryl methyl sites for hydroxylation is 1. The van der Waals surface area contributed by atoms with Gasteiger partial charge in [-0.25, -0.2) is 0 Å². The van der Waals surface area contributed by atoms with Crippen LogP contribution < -0.4 is 4.74 Å². The van der Waals surface area contributed by atoms with Gasteiger partial charge in [0.25, 0.3) is 0 Å². The largest absolute Gasteiger partial charge is 0.487 e. The van der Waals surface area contributed by atoms with E-state index in [4.69, 9.17) is 4.74 Å². The first-order valence-corrected chi connectivity index (χ1v) is 6.37. The lowest BCUT2D eigenvalue weighted by atomic mass is 10.2. The molecule has 1 radical (unpaired) electrons. The van der Waals surface area contributed by atoms with Crippen molar-refractivity contribution in [2.24, 2.45) is 0 Å². The zero-order chi connectivity index (χ0) is 13.8. The fourth-order valence-electron chi connectivity index (χ4n) is 1.81. The summed E-state index contributed by atoms with van der Waals surface area (Å²) in [4.78, 5) is 4.34. The lowest BCUT2D eigenvalue weighted by Crippen LogP contribution is -1.96. The number of aromatic amines is 1. The molecule has 2 aromatic heterocycles. The van der Waals surface area contributed by atoms with E-state index in [2.05, 4.69) is 21.2 Å². The molecule has 0 aliphatic heterocycles. The summed E-state index contributed by atoms with van der Waals surface area (Å²) >= 11 is 0. The number of hydrogen-bond donors (Lipinski definition) is 1. The molecule has 0 aliphatic rings. The van der Waals surface area contributed by atoms with Gasteiger partial charge in [-0.1, -0.05) is 12.1 Å². The summed E-state index contributed by atoms with van der Waals surface area (Å²) in [6.45, 7) is 2.53. The van der Waals surface area contributed by atoms with Crippen molar-refractivity contribution in [3.63, 3.8) is 0 Å². The van der Waals surface area contributed by atoms with Crippen molar-refractivity contribution in [2.45, 2.75) is 13.5 Å². The Labute approximate surface area is 117 Å². The minimum absolute atomic E-state index is 0.516. The Morgan fingerprint density at radius 3 is 2.80 bits per heavy atom. The molecule has 0 aliphatic carbocycles. The van der Waals surface area contributed by atoms with Crippen LogP contribution in [0.5, 0.6) is 5.75 Å². The Morgan fingerprint density at radius 2 is 2.15 bits per heavy atom. The second kappa shape index (κ2) is 5.57. The van der Waals surface area contributed by atoms with Gasteiger partial charge in [0.05, 0.1) is 17.6 Å². The van der Waals surface area contributed by atoms with Crippen LogP contribution in [0.15, 0.2) is 48.8 Å². The molecule has 20 heavy (non-hydrogen) atoms. The molecule has 4 heteroatoms. The first kappa shape index (κ1) is 12.4. The van der Waals surface area contributed by atoms with Crippen LogP contribution in [0.3, 0.4) is 0 Å². The Morgan fingerprint density at radius 1 is 1.20 bits per heavy atom. The average Bonchev–Trinajstić information content (AvgIpc) is 3.01. The third-order valence-corrected chi connectivity index (χ3v) is 2.95. The number of H-pyrrole nitrogens is 1. The van der Waals surface area contributed by atoms with Gasteiger partial charge in [0.2, 0.25) is 0 Å². The number of benzene rings is 1. The lowest BCUT2D eigenvalue weighted by molar-refractivity contribution is 0.305. The first-order chi connectivity index (χ1) is 9.81. The maximum absolute atomic E-state index is 5.70. The minimum Gasteiger partial charge on any atom is -0.487 e. The quantitative estimate of drug-likeness (QED) is 0.787. The number of pyridine rings is 1. The smallest absolute Gasteiger partial charge is 0.138 e. The van der Waals surface area contributed by atoms with Crippen molar-refractivity contribution in [2.75, 3.05) is 0 Å². The SMILES string of the molecule is Cc1[c]cc(COc2ccc(-c3ccn[nH]3)nc2)cc1. The summed E-state index contributed by atoms with van der Waals surface area (Å²) in [6, 6.07) is 14.9. The number of aromatic nitrogens is 3. The van der Waals surface area contributed by atoms with Gasteiger partial charge < -0.3 is 4.74 Å². The summed E-state index contributed by atoms with van der Waals surface area (Å²) in [5.74, 6) is 0.744. The van der Waals surface area contributed by atoms with Crippen molar-refractivity contribution in [1.82, 2.24) is 15.2 Å². The predicted octanol–water partition coefficient (Wildman–Crippen LogP) is 3.16. The monoisotopic (exact) mass is 264 g/mol. The highest BCUT2D eigenvalue weighted by molar-refractivity contribution is 5.53. The van der Waals surface area contributed by atoms with Crippen molar-refractivity contribution in [3.05, 3.63) is 66.0 Å². The van der Waals surface area contributed by atoms with E-state index >= 15 is 0 Å². The summed E-state index contributed by atoms with van der Waals surface area (Å²) < 4.78 is 5.70. The molecular weight excluding hydrogens is 250 g/mol. The molecule has 0 fully saturated rings. The maximum Gasteiger partial charge on any atom is 0.138 e. The van der Waals surface area contributed by atoms with Crippen LogP contribution in [0.4, 0.5) is 0 Å². The van der Waals surface area contributed by atoms with Crippen LogP contribution in [-0.4, -0.2) is 15.2 Å². The van der Waals surface area contributed by atoms with Gasteiger partial charge in [-0.05, 0) is 48.4 Å². The van der Waals surface area contributed by atoms with E-state index in [0.717, 1.165) is 28.3 Å². The second-order valence-electron chi connectivity index (χ2n) is 4.52. The average molecular weight is 264 g/mol. The number of rotatable bonds is 4. The number of hydrogen-bond acceptors (Lipinski definition) is 3. The zero-order valence-electron chi connectivity index (χ0n) is 11.1. The van der Waals surface area contributed by atoms with E-state index in [1.54, 1.807) is 12.4 Å². The van der Waals surface area contributed by atoms with Crippen molar-refractivity contribution in [3.8, 4) is 17.1 Å². The molecule has 1 N–H and O–H groups in total. The first-order valence-electron chi connectivity index (χ1n) is 6.37. The van der Waals surface area contributed by atoms with Crippen LogP contribution in [0, 0.1) is 13.0 Å². The van der Waals surface area contributed by atoms with Crippen LogP contribution in [0.2, 0.25) is 0 Å². The van der Waals surface area contributed by atoms with Crippen LogP contribution in [0.25, 0.3) is 11.4 Å². The van der Waals surface area contributed by atoms with Crippen LogP contribution in [-0.2, 0) is 6.61 Å². The second-order valence-corrected chi connectivity index (χ2v) is 4.52. The molecule has 0 amide bonds. The van der Waals surface area contributed by atoms with Crippen molar-refractivity contribution in [1.29, 1.82) is 0 Å². The fraction of sp³-hybridized carbons (Fsp3) is 0.125. The highest BCUT2D eigenvalue weighted by atomic mass is 16.5. The number of nitrogens with one attached hydrogen (secondary N) is 1. The van der Waals surface area contributed by atoms with Crippen LogP contribution in [0.1, 0.15) is 11.1 Å². The fourth-order valence-corrected chi connectivity index (χ4v) is 1.81.